The molecular formula is C32H21N3O5. The molecule has 0 saturated heterocycles. The van der Waals surface area contributed by atoms with Crippen LogP contribution in [0.15, 0.2) is 108 Å². The number of aromatic nitrogens is 2. The Morgan fingerprint density at radius 1 is 0.775 bits per heavy atom. The Morgan fingerprint density at radius 3 is 2.50 bits per heavy atom. The van der Waals surface area contributed by atoms with Gasteiger partial charge in [-0.3, -0.25) is 0 Å². The molecule has 0 saturated carbocycles. The van der Waals surface area contributed by atoms with Gasteiger partial charge in [-0.1, -0.05) is 48.5 Å². The van der Waals surface area contributed by atoms with E-state index in [2.05, 4.69) is 9.97 Å². The maximum atomic E-state index is 12.8. The zero-order chi connectivity index (χ0) is 27.3. The van der Waals surface area contributed by atoms with Gasteiger partial charge in [0.1, 0.15) is 24.5 Å². The molecule has 0 aliphatic carbocycles. The molecule has 8 nitrogen and oxygen atoms in total. The molecule has 194 valence electrons. The van der Waals surface area contributed by atoms with Crippen molar-refractivity contribution in [2.45, 2.75) is 13.2 Å². The average Bonchev–Trinajstić information content (AvgIpc) is 3.43. The van der Waals surface area contributed by atoms with Crippen LogP contribution in [-0.4, -0.2) is 15.9 Å². The summed E-state index contributed by atoms with van der Waals surface area (Å²) in [5, 5.41) is 10.0. The molecule has 0 N–H and O–H groups in total. The first-order valence-corrected chi connectivity index (χ1v) is 12.5. The molecule has 0 atom stereocenters. The van der Waals surface area contributed by atoms with E-state index in [0.717, 1.165) is 22.2 Å². The van der Waals surface area contributed by atoms with Crippen molar-refractivity contribution in [1.82, 2.24) is 9.97 Å². The third kappa shape index (κ3) is 5.44. The fourth-order valence-corrected chi connectivity index (χ4v) is 4.12. The molecule has 0 fully saturated rings. The molecule has 0 spiro atoms. The Hall–Kier alpha value is -5.68. The number of hydrogen-bond donors (Lipinski definition) is 0. The van der Waals surface area contributed by atoms with E-state index in [1.54, 1.807) is 60.7 Å². The van der Waals surface area contributed by atoms with Gasteiger partial charge in [0.25, 0.3) is 0 Å². The highest BCUT2D eigenvalue weighted by molar-refractivity contribution is 5.91. The van der Waals surface area contributed by atoms with Gasteiger partial charge in [0.15, 0.2) is 23.2 Å². The zero-order valence-corrected chi connectivity index (χ0v) is 21.1. The van der Waals surface area contributed by atoms with E-state index in [1.807, 2.05) is 48.5 Å². The van der Waals surface area contributed by atoms with Crippen molar-refractivity contribution in [3.05, 3.63) is 126 Å². The van der Waals surface area contributed by atoms with E-state index in [4.69, 9.17) is 23.9 Å². The monoisotopic (exact) mass is 527 g/mol. The number of nitrogens with zero attached hydrogens (tertiary/aromatic N) is 3. The van der Waals surface area contributed by atoms with E-state index in [1.165, 1.54) is 0 Å². The van der Waals surface area contributed by atoms with Gasteiger partial charge in [-0.05, 0) is 54.1 Å². The van der Waals surface area contributed by atoms with E-state index in [-0.39, 0.29) is 24.9 Å². The Bertz CT molecular complexity index is 1880. The largest absolute Gasteiger partial charge is 0.489 e. The minimum absolute atomic E-state index is 0.00418. The lowest BCUT2D eigenvalue weighted by Gasteiger charge is -2.14. The van der Waals surface area contributed by atoms with E-state index in [0.29, 0.717) is 28.2 Å². The van der Waals surface area contributed by atoms with Gasteiger partial charge < -0.3 is 18.6 Å². The quantitative estimate of drug-likeness (QED) is 0.160. The Morgan fingerprint density at radius 2 is 1.62 bits per heavy atom. The summed E-state index contributed by atoms with van der Waals surface area (Å²) in [6.45, 7) is 0.386. The number of esters is 1. The van der Waals surface area contributed by atoms with E-state index in [9.17, 15) is 4.79 Å². The molecule has 0 aliphatic rings. The summed E-state index contributed by atoms with van der Waals surface area (Å²) < 4.78 is 23.2. The van der Waals surface area contributed by atoms with Crippen LogP contribution in [0.4, 0.5) is 0 Å². The molecule has 6 rings (SSSR count). The number of hydrogen-bond acceptors (Lipinski definition) is 8. The number of rotatable bonds is 8. The average molecular weight is 528 g/mol. The smallest absolute Gasteiger partial charge is 0.343 e. The second-order valence-electron chi connectivity index (χ2n) is 8.87. The van der Waals surface area contributed by atoms with Crippen LogP contribution in [-0.2, 0) is 13.2 Å². The predicted molar refractivity (Wildman–Crippen MR) is 147 cm³/mol. The standard InChI is InChI=1S/C32H21N3O5/c33-18-31-35-27-14-13-25(17-29(27)39-31)37-19-21-10-15-28(40-32(36)23-7-2-1-3-8-23)30(16-21)38-20-24-12-11-22-6-4-5-9-26(22)34-24/h1-17H,19-20H2. The summed E-state index contributed by atoms with van der Waals surface area (Å²) in [6, 6.07) is 32.8. The fraction of sp³-hybridized carbons (Fsp3) is 0.0625. The van der Waals surface area contributed by atoms with Crippen molar-refractivity contribution in [3.8, 4) is 23.3 Å². The minimum Gasteiger partial charge on any atom is -0.489 e. The molecule has 0 aliphatic heterocycles. The molecule has 0 amide bonds. The lowest BCUT2D eigenvalue weighted by atomic mass is 10.2. The number of carbonyl (C=O) groups excluding carboxylic acids is 1. The number of para-hydroxylation sites is 1. The molecule has 0 radical (unpaired) electrons. The number of carbonyl (C=O) groups is 1. The number of pyridine rings is 1. The van der Waals surface area contributed by atoms with Crippen molar-refractivity contribution in [1.29, 1.82) is 5.26 Å². The fourth-order valence-electron chi connectivity index (χ4n) is 4.12. The van der Waals surface area contributed by atoms with Crippen molar-refractivity contribution in [3.63, 3.8) is 0 Å². The summed E-state index contributed by atoms with van der Waals surface area (Å²) in [5.41, 5.74) is 3.86. The number of benzene rings is 4. The lowest BCUT2D eigenvalue weighted by Crippen LogP contribution is -2.10. The van der Waals surface area contributed by atoms with E-state index >= 15 is 0 Å². The summed E-state index contributed by atoms with van der Waals surface area (Å²) in [5.74, 6) is 0.719. The predicted octanol–water partition coefficient (Wildman–Crippen LogP) is 6.62. The van der Waals surface area contributed by atoms with E-state index < -0.39 is 5.97 Å². The summed E-state index contributed by atoms with van der Waals surface area (Å²) in [7, 11) is 0. The second-order valence-corrected chi connectivity index (χ2v) is 8.87. The molecule has 0 bridgehead atoms. The van der Waals surface area contributed by atoms with Crippen LogP contribution in [0.5, 0.6) is 17.2 Å². The van der Waals surface area contributed by atoms with Gasteiger partial charge in [0, 0.05) is 11.5 Å². The molecule has 4 aromatic carbocycles. The van der Waals surface area contributed by atoms with Crippen LogP contribution in [0.1, 0.15) is 27.5 Å². The summed E-state index contributed by atoms with van der Waals surface area (Å²) in [6.07, 6.45) is 0. The molecule has 6 aromatic rings. The van der Waals surface area contributed by atoms with Crippen molar-refractivity contribution >= 4 is 28.0 Å². The highest BCUT2D eigenvalue weighted by Crippen LogP contribution is 2.31. The first-order chi connectivity index (χ1) is 19.6. The minimum atomic E-state index is -0.490. The molecule has 8 heteroatoms. The second kappa shape index (κ2) is 11.0. The van der Waals surface area contributed by atoms with Crippen LogP contribution in [0.2, 0.25) is 0 Å². The van der Waals surface area contributed by atoms with Crippen LogP contribution >= 0.6 is 0 Å². The highest BCUT2D eigenvalue weighted by Gasteiger charge is 2.15. The number of oxazole rings is 1. The third-order valence-corrected chi connectivity index (χ3v) is 6.11. The molecule has 0 unspecified atom stereocenters. The Balaban J connectivity index is 1.23. The molecule has 2 heterocycles. The van der Waals surface area contributed by atoms with Crippen molar-refractivity contribution < 1.29 is 23.4 Å². The molecule has 40 heavy (non-hydrogen) atoms. The van der Waals surface area contributed by atoms with Crippen LogP contribution in [0.25, 0.3) is 22.0 Å². The maximum Gasteiger partial charge on any atom is 0.343 e. The van der Waals surface area contributed by atoms with Gasteiger partial charge >= 0.3 is 11.9 Å². The first-order valence-electron chi connectivity index (χ1n) is 12.5. The van der Waals surface area contributed by atoms with Gasteiger partial charge in [0.05, 0.1) is 16.8 Å². The zero-order valence-electron chi connectivity index (χ0n) is 21.1. The number of nitriles is 1. The number of fused-ring (bicyclic) bond motifs is 2. The summed E-state index contributed by atoms with van der Waals surface area (Å²) in [4.78, 5) is 21.5. The highest BCUT2D eigenvalue weighted by atomic mass is 16.6. The Kier molecular flexibility index (Phi) is 6.76. The lowest BCUT2D eigenvalue weighted by molar-refractivity contribution is 0.0727. The SMILES string of the molecule is N#Cc1nc2ccc(OCc3ccc(OC(=O)c4ccccc4)c(OCc4ccc5ccccc5n4)c3)cc2o1. The summed E-state index contributed by atoms with van der Waals surface area (Å²) >= 11 is 0. The maximum absolute atomic E-state index is 12.8. The third-order valence-electron chi connectivity index (χ3n) is 6.11. The Labute approximate surface area is 229 Å². The molecule has 2 aromatic heterocycles. The first kappa shape index (κ1) is 24.6. The van der Waals surface area contributed by atoms with Crippen LogP contribution < -0.4 is 14.2 Å². The van der Waals surface area contributed by atoms with Crippen molar-refractivity contribution in [2.75, 3.05) is 0 Å². The topological polar surface area (TPSA) is 107 Å². The van der Waals surface area contributed by atoms with Gasteiger partial charge in [-0.15, -0.1) is 0 Å². The van der Waals surface area contributed by atoms with Crippen LogP contribution in [0.3, 0.4) is 0 Å². The molecular weight excluding hydrogens is 506 g/mol. The number of ether oxygens (including phenoxy) is 3. The van der Waals surface area contributed by atoms with Gasteiger partial charge in [-0.2, -0.15) is 10.2 Å². The van der Waals surface area contributed by atoms with Gasteiger partial charge in [0.2, 0.25) is 0 Å². The van der Waals surface area contributed by atoms with Gasteiger partial charge in [-0.25, -0.2) is 9.78 Å². The van der Waals surface area contributed by atoms with Crippen LogP contribution in [0, 0.1) is 11.3 Å². The van der Waals surface area contributed by atoms with Crippen molar-refractivity contribution in [2.24, 2.45) is 0 Å². The normalized spacial score (nSPS) is 10.8.